The molecule has 0 radical (unpaired) electrons. The number of benzene rings is 2. The van der Waals surface area contributed by atoms with Gasteiger partial charge in [-0.25, -0.2) is 0 Å². The molecule has 2 saturated carbocycles. The lowest BCUT2D eigenvalue weighted by Gasteiger charge is -2.41. The Hall–Kier alpha value is -2.16. The Morgan fingerprint density at radius 2 is 1.50 bits per heavy atom. The van der Waals surface area contributed by atoms with Crippen LogP contribution < -0.4 is 0 Å². The molecule has 3 nitrogen and oxygen atoms in total. The van der Waals surface area contributed by atoms with E-state index in [1.54, 1.807) is 12.1 Å². The number of rotatable bonds is 3. The van der Waals surface area contributed by atoms with Crippen LogP contribution in [0.2, 0.25) is 0 Å². The maximum Gasteiger partial charge on any atom is 0.115 e. The summed E-state index contributed by atoms with van der Waals surface area (Å²) in [4.78, 5) is 10.8. The van der Waals surface area contributed by atoms with Gasteiger partial charge in [-0.05, 0) is 71.7 Å². The van der Waals surface area contributed by atoms with Crippen molar-refractivity contribution in [3.63, 3.8) is 0 Å². The fourth-order valence-corrected chi connectivity index (χ4v) is 5.26. The van der Waals surface area contributed by atoms with Gasteiger partial charge in [0.1, 0.15) is 11.4 Å². The van der Waals surface area contributed by atoms with Crippen LogP contribution in [0.4, 0.5) is 5.69 Å². The van der Waals surface area contributed by atoms with Gasteiger partial charge in [0.2, 0.25) is 0 Å². The highest BCUT2D eigenvalue weighted by Crippen LogP contribution is 2.57. The summed E-state index contributed by atoms with van der Waals surface area (Å²) in [7, 11) is 0. The quantitative estimate of drug-likeness (QED) is 0.740. The highest BCUT2D eigenvalue weighted by molar-refractivity contribution is 5.48. The van der Waals surface area contributed by atoms with E-state index in [2.05, 4.69) is 29.4 Å². The molecule has 3 unspecified atom stereocenters. The van der Waals surface area contributed by atoms with Gasteiger partial charge in [0.15, 0.2) is 0 Å². The van der Waals surface area contributed by atoms with Crippen molar-refractivity contribution in [2.75, 3.05) is 0 Å². The van der Waals surface area contributed by atoms with Gasteiger partial charge in [0.25, 0.3) is 0 Å². The highest BCUT2D eigenvalue weighted by Gasteiger charge is 2.50. The first-order valence-electron chi connectivity index (χ1n) is 8.97. The molecule has 0 aliphatic heterocycles. The van der Waals surface area contributed by atoms with Gasteiger partial charge < -0.3 is 5.11 Å². The molecule has 0 aromatic heterocycles. The first kappa shape index (κ1) is 15.4. The second kappa shape index (κ2) is 6.04. The predicted octanol–water partition coefficient (Wildman–Crippen LogP) is 5.68. The van der Waals surface area contributed by atoms with E-state index in [1.165, 1.54) is 43.2 Å². The van der Waals surface area contributed by atoms with Crippen molar-refractivity contribution in [1.82, 2.24) is 0 Å². The Kier molecular flexibility index (Phi) is 3.87. The second-order valence-corrected chi connectivity index (χ2v) is 7.35. The Labute approximate surface area is 142 Å². The first-order valence-corrected chi connectivity index (χ1v) is 8.97. The van der Waals surface area contributed by atoms with Gasteiger partial charge in [0, 0.05) is 5.41 Å². The molecule has 24 heavy (non-hydrogen) atoms. The van der Waals surface area contributed by atoms with Gasteiger partial charge in [0.05, 0.1) is 0 Å². The van der Waals surface area contributed by atoms with Crippen LogP contribution in [-0.2, 0) is 5.41 Å². The molecule has 1 N–H and O–H groups in total. The van der Waals surface area contributed by atoms with Crippen molar-refractivity contribution in [2.45, 2.75) is 43.9 Å². The molecule has 3 atom stereocenters. The number of nitroso groups, excluding NO2 is 1. The minimum Gasteiger partial charge on any atom is -0.508 e. The molecule has 0 heterocycles. The minimum absolute atomic E-state index is 0.000199. The third kappa shape index (κ3) is 2.34. The molecule has 2 aromatic carbocycles. The van der Waals surface area contributed by atoms with E-state index >= 15 is 0 Å². The van der Waals surface area contributed by atoms with Crippen LogP contribution in [0.15, 0.2) is 53.7 Å². The summed E-state index contributed by atoms with van der Waals surface area (Å²) >= 11 is 0. The summed E-state index contributed by atoms with van der Waals surface area (Å²) in [6.07, 6.45) is 7.65. The maximum atomic E-state index is 10.8. The van der Waals surface area contributed by atoms with E-state index in [9.17, 15) is 10.0 Å². The minimum atomic E-state index is 0.000199. The molecule has 0 amide bonds. The summed E-state index contributed by atoms with van der Waals surface area (Å²) in [5.41, 5.74) is 3.06. The molecular weight excluding hydrogens is 298 g/mol. The molecule has 3 heteroatoms. The molecule has 2 fully saturated rings. The van der Waals surface area contributed by atoms with Crippen LogP contribution in [-0.4, -0.2) is 5.11 Å². The normalized spacial score (nSPS) is 29.2. The number of hydrogen-bond acceptors (Lipinski definition) is 3. The first-order chi connectivity index (χ1) is 11.7. The van der Waals surface area contributed by atoms with Gasteiger partial charge in [-0.3, -0.25) is 0 Å². The largest absolute Gasteiger partial charge is 0.508 e. The van der Waals surface area contributed by atoms with Crippen molar-refractivity contribution in [3.05, 3.63) is 64.6 Å². The average Bonchev–Trinajstić information content (AvgIpc) is 3.03. The van der Waals surface area contributed by atoms with Gasteiger partial charge >= 0.3 is 0 Å². The standard InChI is InChI=1S/C21H23NO2/c23-19-11-7-17(8-12-19)21(16-5-9-18(22-24)10-6-16)14-13-15-3-1-2-4-20(15)21/h5-12,15,20,23H,1-4,13-14H2. The summed E-state index contributed by atoms with van der Waals surface area (Å²) in [6, 6.07) is 15.6. The van der Waals surface area contributed by atoms with Crippen LogP contribution in [0.25, 0.3) is 0 Å². The van der Waals surface area contributed by atoms with Crippen LogP contribution in [0.1, 0.15) is 49.7 Å². The maximum absolute atomic E-state index is 10.8. The second-order valence-electron chi connectivity index (χ2n) is 7.35. The topological polar surface area (TPSA) is 49.7 Å². The molecule has 2 aliphatic rings. The molecule has 0 spiro atoms. The monoisotopic (exact) mass is 321 g/mol. The fraction of sp³-hybridized carbons (Fsp3) is 0.429. The lowest BCUT2D eigenvalue weighted by Crippen LogP contribution is -2.35. The molecule has 124 valence electrons. The fourth-order valence-electron chi connectivity index (χ4n) is 5.26. The van der Waals surface area contributed by atoms with Crippen LogP contribution in [0, 0.1) is 16.7 Å². The van der Waals surface area contributed by atoms with Crippen LogP contribution in [0.5, 0.6) is 5.75 Å². The zero-order chi connectivity index (χ0) is 16.6. The predicted molar refractivity (Wildman–Crippen MR) is 95.5 cm³/mol. The number of fused-ring (bicyclic) bond motifs is 1. The molecule has 2 aromatic rings. The summed E-state index contributed by atoms with van der Waals surface area (Å²) in [5.74, 6) is 1.75. The third-order valence-corrected chi connectivity index (χ3v) is 6.32. The van der Waals surface area contributed by atoms with E-state index < -0.39 is 0 Å². The highest BCUT2D eigenvalue weighted by atomic mass is 16.3. The number of phenolic OH excluding ortho intramolecular Hbond substituents is 1. The van der Waals surface area contributed by atoms with E-state index in [0.717, 1.165) is 12.3 Å². The summed E-state index contributed by atoms with van der Waals surface area (Å²) in [5, 5.41) is 12.8. The van der Waals surface area contributed by atoms with E-state index in [0.29, 0.717) is 17.4 Å². The Morgan fingerprint density at radius 3 is 2.17 bits per heavy atom. The molecule has 2 aliphatic carbocycles. The third-order valence-electron chi connectivity index (χ3n) is 6.32. The Morgan fingerprint density at radius 1 is 0.875 bits per heavy atom. The van der Waals surface area contributed by atoms with Crippen LogP contribution >= 0.6 is 0 Å². The molecular formula is C21H23NO2. The summed E-state index contributed by atoms with van der Waals surface area (Å²) < 4.78 is 0. The average molecular weight is 321 g/mol. The molecule has 4 rings (SSSR count). The lowest BCUT2D eigenvalue weighted by molar-refractivity contribution is 0.221. The SMILES string of the molecule is O=Nc1ccc(C2(c3ccc(O)cc3)CCC3CCCCC32)cc1. The van der Waals surface area contributed by atoms with Gasteiger partial charge in [-0.1, -0.05) is 43.5 Å². The van der Waals surface area contributed by atoms with E-state index in [1.807, 2.05) is 12.1 Å². The molecule has 0 bridgehead atoms. The number of phenols is 1. The van der Waals surface area contributed by atoms with Crippen LogP contribution in [0.3, 0.4) is 0 Å². The molecule has 0 saturated heterocycles. The zero-order valence-corrected chi connectivity index (χ0v) is 13.8. The van der Waals surface area contributed by atoms with E-state index in [4.69, 9.17) is 0 Å². The van der Waals surface area contributed by atoms with Gasteiger partial charge in [-0.15, -0.1) is 4.91 Å². The Bertz CT molecular complexity index is 723. The number of aromatic hydroxyl groups is 1. The van der Waals surface area contributed by atoms with Crippen molar-refractivity contribution in [3.8, 4) is 5.75 Å². The number of hydrogen-bond donors (Lipinski definition) is 1. The van der Waals surface area contributed by atoms with Crippen molar-refractivity contribution < 1.29 is 5.11 Å². The summed E-state index contributed by atoms with van der Waals surface area (Å²) in [6.45, 7) is 0. The zero-order valence-electron chi connectivity index (χ0n) is 13.8. The van der Waals surface area contributed by atoms with Crippen molar-refractivity contribution in [1.29, 1.82) is 0 Å². The van der Waals surface area contributed by atoms with Gasteiger partial charge in [-0.2, -0.15) is 0 Å². The lowest BCUT2D eigenvalue weighted by atomic mass is 9.63. The van der Waals surface area contributed by atoms with Crippen molar-refractivity contribution in [2.24, 2.45) is 17.0 Å². The van der Waals surface area contributed by atoms with E-state index in [-0.39, 0.29) is 5.41 Å². The Balaban J connectivity index is 1.85. The van der Waals surface area contributed by atoms with Crippen molar-refractivity contribution >= 4 is 5.69 Å². The smallest absolute Gasteiger partial charge is 0.115 e. The number of nitrogens with zero attached hydrogens (tertiary/aromatic N) is 1.